The Morgan fingerprint density at radius 2 is 2.20 bits per heavy atom. The molecular weight excluding hydrogens is 254 g/mol. The Labute approximate surface area is 119 Å². The molecule has 4 nitrogen and oxygen atoms in total. The smallest absolute Gasteiger partial charge is 0.323 e. The van der Waals surface area contributed by atoms with E-state index in [0.29, 0.717) is 6.42 Å². The van der Waals surface area contributed by atoms with Gasteiger partial charge in [0.25, 0.3) is 0 Å². The first-order valence-corrected chi connectivity index (χ1v) is 7.32. The topological polar surface area (TPSA) is 47.6 Å². The molecule has 1 aromatic carbocycles. The molecule has 4 heteroatoms. The van der Waals surface area contributed by atoms with E-state index in [2.05, 4.69) is 17.4 Å². The van der Waals surface area contributed by atoms with Gasteiger partial charge in [0.2, 0.25) is 0 Å². The third kappa shape index (κ3) is 2.72. The lowest BCUT2D eigenvalue weighted by molar-refractivity contribution is -0.152. The molecule has 0 bridgehead atoms. The van der Waals surface area contributed by atoms with Gasteiger partial charge < -0.3 is 14.8 Å². The molecule has 0 spiro atoms. The van der Waals surface area contributed by atoms with Gasteiger partial charge in [-0.05, 0) is 30.4 Å². The lowest BCUT2D eigenvalue weighted by atomic mass is 9.89. The molecule has 0 saturated carbocycles. The first-order chi connectivity index (χ1) is 9.78. The molecule has 1 aromatic rings. The highest BCUT2D eigenvalue weighted by molar-refractivity contribution is 5.76. The Morgan fingerprint density at radius 1 is 1.35 bits per heavy atom. The Hall–Kier alpha value is -1.39. The highest BCUT2D eigenvalue weighted by Crippen LogP contribution is 2.32. The van der Waals surface area contributed by atoms with Crippen LogP contribution in [-0.2, 0) is 20.7 Å². The molecule has 1 N–H and O–H groups in total. The van der Waals surface area contributed by atoms with Crippen molar-refractivity contribution in [3.63, 3.8) is 0 Å². The highest BCUT2D eigenvalue weighted by Gasteiger charge is 2.33. The minimum absolute atomic E-state index is 0.0872. The lowest BCUT2D eigenvalue weighted by Crippen LogP contribution is -2.33. The summed E-state index contributed by atoms with van der Waals surface area (Å²) in [6, 6.07) is 8.04. The number of carbonyl (C=O) groups is 1. The third-order valence-electron chi connectivity index (χ3n) is 4.28. The summed E-state index contributed by atoms with van der Waals surface area (Å²) in [5.41, 5.74) is 2.49. The van der Waals surface area contributed by atoms with Crippen molar-refractivity contribution in [1.82, 2.24) is 5.32 Å². The first-order valence-electron chi connectivity index (χ1n) is 7.32. The predicted octanol–water partition coefficient (Wildman–Crippen LogP) is 1.98. The largest absolute Gasteiger partial charge is 0.456 e. The summed E-state index contributed by atoms with van der Waals surface area (Å²) in [6.45, 7) is 0.720. The summed E-state index contributed by atoms with van der Waals surface area (Å²) in [6.07, 6.45) is 3.81. The molecule has 3 unspecified atom stereocenters. The zero-order chi connectivity index (χ0) is 13.9. The molecule has 0 radical (unpaired) electrons. The number of esters is 1. The molecule has 20 heavy (non-hydrogen) atoms. The van der Waals surface area contributed by atoms with Crippen molar-refractivity contribution in [3.05, 3.63) is 35.4 Å². The molecule has 108 valence electrons. The quantitative estimate of drug-likeness (QED) is 0.857. The van der Waals surface area contributed by atoms with Crippen LogP contribution in [-0.4, -0.2) is 31.8 Å². The zero-order valence-electron chi connectivity index (χ0n) is 11.8. The van der Waals surface area contributed by atoms with E-state index in [-0.39, 0.29) is 24.2 Å². The molecule has 1 fully saturated rings. The summed E-state index contributed by atoms with van der Waals surface area (Å²) in [5.74, 6) is -0.147. The molecular formula is C16H21NO3. The van der Waals surface area contributed by atoms with Gasteiger partial charge in [-0.1, -0.05) is 24.3 Å². The molecule has 0 amide bonds. The first kappa shape index (κ1) is 13.6. The van der Waals surface area contributed by atoms with Crippen LogP contribution in [0.25, 0.3) is 0 Å². The van der Waals surface area contributed by atoms with Crippen molar-refractivity contribution < 1.29 is 14.3 Å². The maximum Gasteiger partial charge on any atom is 0.323 e. The van der Waals surface area contributed by atoms with Gasteiger partial charge in [-0.15, -0.1) is 0 Å². The van der Waals surface area contributed by atoms with Gasteiger partial charge >= 0.3 is 5.97 Å². The number of ether oxygens (including phenoxy) is 2. The number of methoxy groups -OCH3 is 1. The molecule has 1 aliphatic heterocycles. The maximum absolute atomic E-state index is 12.2. The number of hydrogen-bond acceptors (Lipinski definition) is 4. The van der Waals surface area contributed by atoms with Crippen LogP contribution in [0.4, 0.5) is 0 Å². The summed E-state index contributed by atoms with van der Waals surface area (Å²) in [4.78, 5) is 12.2. The molecule has 1 saturated heterocycles. The third-order valence-corrected chi connectivity index (χ3v) is 4.28. The van der Waals surface area contributed by atoms with Gasteiger partial charge in [0.1, 0.15) is 12.1 Å². The van der Waals surface area contributed by atoms with Gasteiger partial charge in [-0.3, -0.25) is 4.79 Å². The van der Waals surface area contributed by atoms with Gasteiger partial charge in [0.15, 0.2) is 0 Å². The van der Waals surface area contributed by atoms with Crippen LogP contribution < -0.4 is 5.32 Å². The summed E-state index contributed by atoms with van der Waals surface area (Å²) in [5, 5.41) is 3.17. The number of carbonyl (C=O) groups excluding carboxylic acids is 1. The minimum Gasteiger partial charge on any atom is -0.456 e. The lowest BCUT2D eigenvalue weighted by Gasteiger charge is -2.26. The Kier molecular flexibility index (Phi) is 4.03. The van der Waals surface area contributed by atoms with Crippen molar-refractivity contribution in [2.75, 3.05) is 13.7 Å². The molecule has 3 atom stereocenters. The molecule has 2 aliphatic rings. The Balaban J connectivity index is 1.65. The van der Waals surface area contributed by atoms with Crippen LogP contribution in [0.2, 0.25) is 0 Å². The Morgan fingerprint density at radius 3 is 3.00 bits per heavy atom. The molecule has 3 rings (SSSR count). The van der Waals surface area contributed by atoms with E-state index in [1.54, 1.807) is 7.11 Å². The number of benzene rings is 1. The number of rotatable bonds is 3. The van der Waals surface area contributed by atoms with E-state index in [9.17, 15) is 4.79 Å². The number of nitrogens with one attached hydrogen (secondary N) is 1. The van der Waals surface area contributed by atoms with Crippen LogP contribution in [0.15, 0.2) is 24.3 Å². The van der Waals surface area contributed by atoms with Crippen molar-refractivity contribution in [1.29, 1.82) is 0 Å². The van der Waals surface area contributed by atoms with Crippen LogP contribution >= 0.6 is 0 Å². The molecule has 1 aliphatic carbocycles. The SMILES string of the molecule is COC1CNC(C(=O)OC2CCCc3ccccc32)C1. The van der Waals surface area contributed by atoms with E-state index in [0.717, 1.165) is 25.8 Å². The van der Waals surface area contributed by atoms with Crippen LogP contribution in [0.1, 0.15) is 36.5 Å². The van der Waals surface area contributed by atoms with E-state index < -0.39 is 0 Å². The van der Waals surface area contributed by atoms with Crippen molar-refractivity contribution in [2.24, 2.45) is 0 Å². The fourth-order valence-corrected chi connectivity index (χ4v) is 3.12. The number of fused-ring (bicyclic) bond motifs is 1. The number of hydrogen-bond donors (Lipinski definition) is 1. The van der Waals surface area contributed by atoms with Crippen molar-refractivity contribution in [3.8, 4) is 0 Å². The van der Waals surface area contributed by atoms with E-state index in [4.69, 9.17) is 9.47 Å². The number of aryl methyl sites for hydroxylation is 1. The monoisotopic (exact) mass is 275 g/mol. The van der Waals surface area contributed by atoms with E-state index >= 15 is 0 Å². The van der Waals surface area contributed by atoms with Gasteiger partial charge in [-0.25, -0.2) is 0 Å². The standard InChI is InChI=1S/C16H21NO3/c1-19-12-9-14(17-10-12)16(18)20-15-8-4-6-11-5-2-3-7-13(11)15/h2-3,5,7,12,14-15,17H,4,6,8-10H2,1H3. The second kappa shape index (κ2) is 5.94. The maximum atomic E-state index is 12.2. The average Bonchev–Trinajstić information content (AvgIpc) is 2.97. The summed E-state index contributed by atoms with van der Waals surface area (Å²) < 4.78 is 11.0. The van der Waals surface area contributed by atoms with E-state index in [1.807, 2.05) is 12.1 Å². The fourth-order valence-electron chi connectivity index (χ4n) is 3.12. The molecule has 1 heterocycles. The summed E-state index contributed by atoms with van der Waals surface area (Å²) in [7, 11) is 1.68. The van der Waals surface area contributed by atoms with Crippen LogP contribution in [0.3, 0.4) is 0 Å². The second-order valence-corrected chi connectivity index (χ2v) is 5.57. The van der Waals surface area contributed by atoms with Crippen LogP contribution in [0.5, 0.6) is 0 Å². The van der Waals surface area contributed by atoms with Crippen LogP contribution in [0, 0.1) is 0 Å². The predicted molar refractivity (Wildman–Crippen MR) is 75.4 cm³/mol. The average molecular weight is 275 g/mol. The van der Waals surface area contributed by atoms with Gasteiger partial charge in [0.05, 0.1) is 6.10 Å². The Bertz CT molecular complexity index is 488. The van der Waals surface area contributed by atoms with Gasteiger partial charge in [0, 0.05) is 20.1 Å². The van der Waals surface area contributed by atoms with E-state index in [1.165, 1.54) is 11.1 Å². The highest BCUT2D eigenvalue weighted by atomic mass is 16.5. The summed E-state index contributed by atoms with van der Waals surface area (Å²) >= 11 is 0. The molecule has 0 aromatic heterocycles. The normalized spacial score (nSPS) is 28.9. The zero-order valence-corrected chi connectivity index (χ0v) is 11.8. The fraction of sp³-hybridized carbons (Fsp3) is 0.562. The van der Waals surface area contributed by atoms with Gasteiger partial charge in [-0.2, -0.15) is 0 Å². The van der Waals surface area contributed by atoms with Crippen molar-refractivity contribution >= 4 is 5.97 Å². The minimum atomic E-state index is -0.228. The van der Waals surface area contributed by atoms with Crippen molar-refractivity contribution in [2.45, 2.75) is 43.9 Å². The second-order valence-electron chi connectivity index (χ2n) is 5.57.